The van der Waals surface area contributed by atoms with Crippen LogP contribution < -0.4 is 5.73 Å². The van der Waals surface area contributed by atoms with Gasteiger partial charge < -0.3 is 10.5 Å². The molecule has 124 valence electrons. The summed E-state index contributed by atoms with van der Waals surface area (Å²) in [6.07, 6.45) is 0.740. The summed E-state index contributed by atoms with van der Waals surface area (Å²) < 4.78 is 59.8. The summed E-state index contributed by atoms with van der Waals surface area (Å²) in [5.41, 5.74) is 4.67. The minimum Gasteiger partial charge on any atom is -0.465 e. The second-order valence-corrected chi connectivity index (χ2v) is 5.77. The van der Waals surface area contributed by atoms with Crippen LogP contribution in [0.25, 0.3) is 21.3 Å². The lowest BCUT2D eigenvalue weighted by molar-refractivity contribution is 0.0607. The highest BCUT2D eigenvalue weighted by atomic mass is 32.1. The molecule has 0 aliphatic heterocycles. The maximum atomic E-state index is 14.2. The average Bonchev–Trinajstić information content (AvgIpc) is 2.87. The number of rotatable bonds is 2. The van der Waals surface area contributed by atoms with E-state index < -0.39 is 40.4 Å². The number of hydrogen-bond acceptors (Lipinski definition) is 5. The molecule has 0 bridgehead atoms. The van der Waals surface area contributed by atoms with Gasteiger partial charge in [-0.3, -0.25) is 4.98 Å². The van der Waals surface area contributed by atoms with Gasteiger partial charge >= 0.3 is 5.97 Å². The molecule has 24 heavy (non-hydrogen) atoms. The third-order valence-corrected chi connectivity index (χ3v) is 4.52. The molecule has 0 aliphatic carbocycles. The summed E-state index contributed by atoms with van der Waals surface area (Å²) in [6, 6.07) is 1.00. The number of fused-ring (bicyclic) bond motifs is 1. The van der Waals surface area contributed by atoms with Crippen LogP contribution >= 0.6 is 11.3 Å². The smallest absolute Gasteiger partial charge is 0.350 e. The minimum atomic E-state index is -1.47. The van der Waals surface area contributed by atoms with Gasteiger partial charge in [0.2, 0.25) is 0 Å². The Hall–Kier alpha value is -2.68. The van der Waals surface area contributed by atoms with Crippen molar-refractivity contribution in [3.05, 3.63) is 46.5 Å². The quantitative estimate of drug-likeness (QED) is 0.430. The second kappa shape index (κ2) is 5.75. The molecule has 0 saturated heterocycles. The van der Waals surface area contributed by atoms with Crippen LogP contribution in [0.5, 0.6) is 0 Å². The third kappa shape index (κ3) is 2.37. The summed E-state index contributed by atoms with van der Waals surface area (Å²) >= 11 is 0.699. The maximum absolute atomic E-state index is 14.2. The maximum Gasteiger partial charge on any atom is 0.350 e. The van der Waals surface area contributed by atoms with Crippen LogP contribution in [0.4, 0.5) is 23.2 Å². The Morgan fingerprint density at radius 3 is 2.58 bits per heavy atom. The molecular weight excluding hydrogens is 348 g/mol. The molecule has 3 aromatic rings. The van der Waals surface area contributed by atoms with E-state index in [1.165, 1.54) is 0 Å². The molecule has 0 saturated carbocycles. The van der Waals surface area contributed by atoms with E-state index in [-0.39, 0.29) is 20.8 Å². The van der Waals surface area contributed by atoms with Gasteiger partial charge in [-0.1, -0.05) is 0 Å². The summed E-state index contributed by atoms with van der Waals surface area (Å²) in [7, 11) is 1.13. The topological polar surface area (TPSA) is 65.2 Å². The number of pyridine rings is 1. The number of nitrogen functional groups attached to an aromatic ring is 1. The highest BCUT2D eigenvalue weighted by molar-refractivity contribution is 7.22. The third-order valence-electron chi connectivity index (χ3n) is 3.32. The molecule has 2 aromatic heterocycles. The van der Waals surface area contributed by atoms with Gasteiger partial charge in [-0.2, -0.15) is 0 Å². The number of thiophene rings is 1. The van der Waals surface area contributed by atoms with E-state index in [0.29, 0.717) is 23.5 Å². The molecular formula is C15H8F4N2O2S. The number of carbonyl (C=O) groups is 1. The Kier molecular flexibility index (Phi) is 3.88. The van der Waals surface area contributed by atoms with Crippen LogP contribution in [0.1, 0.15) is 9.67 Å². The molecule has 2 heterocycles. The van der Waals surface area contributed by atoms with Gasteiger partial charge in [0, 0.05) is 17.2 Å². The summed E-state index contributed by atoms with van der Waals surface area (Å²) in [4.78, 5) is 15.4. The molecule has 1 aromatic carbocycles. The number of anilines is 1. The molecule has 4 nitrogen and oxygen atoms in total. The molecule has 2 N–H and O–H groups in total. The van der Waals surface area contributed by atoms with E-state index in [1.807, 2.05) is 0 Å². The van der Waals surface area contributed by atoms with Crippen LogP contribution in [-0.2, 0) is 4.74 Å². The number of aromatic nitrogens is 1. The van der Waals surface area contributed by atoms with E-state index in [1.54, 1.807) is 0 Å². The fraction of sp³-hybridized carbons (Fsp3) is 0.0667. The number of nitrogens with zero attached hydrogens (tertiary/aromatic N) is 1. The SMILES string of the molecule is COC(=O)c1sc2c(-c3cc(F)cc(F)c3F)c(F)cnc2c1N. The zero-order valence-electron chi connectivity index (χ0n) is 12.0. The first-order valence-corrected chi connectivity index (χ1v) is 7.26. The molecule has 0 spiro atoms. The van der Waals surface area contributed by atoms with Crippen molar-refractivity contribution in [2.24, 2.45) is 0 Å². The summed E-state index contributed by atoms with van der Waals surface area (Å²) in [5, 5.41) is 0. The van der Waals surface area contributed by atoms with Gasteiger partial charge in [0.15, 0.2) is 17.5 Å². The van der Waals surface area contributed by atoms with Gasteiger partial charge in [-0.15, -0.1) is 11.3 Å². The largest absolute Gasteiger partial charge is 0.465 e. The van der Waals surface area contributed by atoms with Crippen molar-refractivity contribution in [3.63, 3.8) is 0 Å². The predicted molar refractivity (Wildman–Crippen MR) is 80.6 cm³/mol. The van der Waals surface area contributed by atoms with E-state index in [9.17, 15) is 22.4 Å². The first kappa shape index (κ1) is 16.2. The minimum absolute atomic E-state index is 0.0147. The van der Waals surface area contributed by atoms with Gasteiger partial charge in [0.05, 0.1) is 23.7 Å². The standard InChI is InChI=1S/C15H8F4N2O2S/c1-23-15(22)14-11(20)12-13(24-14)9(8(18)4-21-12)6-2-5(16)3-7(17)10(6)19/h2-4H,20H2,1H3. The van der Waals surface area contributed by atoms with Crippen molar-refractivity contribution in [2.45, 2.75) is 0 Å². The highest BCUT2D eigenvalue weighted by Crippen LogP contribution is 2.41. The molecule has 9 heteroatoms. The van der Waals surface area contributed by atoms with Crippen LogP contribution in [0.3, 0.4) is 0 Å². The lowest BCUT2D eigenvalue weighted by Crippen LogP contribution is -2.01. The van der Waals surface area contributed by atoms with E-state index in [4.69, 9.17) is 5.73 Å². The number of nitrogens with two attached hydrogens (primary N) is 1. The lowest BCUT2D eigenvalue weighted by atomic mass is 10.0. The van der Waals surface area contributed by atoms with Gasteiger partial charge in [-0.05, 0) is 6.07 Å². The van der Waals surface area contributed by atoms with Gasteiger partial charge in [0.1, 0.15) is 16.2 Å². The molecule has 0 aliphatic rings. The van der Waals surface area contributed by atoms with Crippen molar-refractivity contribution in [1.82, 2.24) is 4.98 Å². The number of carbonyl (C=O) groups excluding carboxylic acids is 1. The Bertz CT molecular complexity index is 987. The van der Waals surface area contributed by atoms with Crippen LogP contribution in [0.2, 0.25) is 0 Å². The van der Waals surface area contributed by atoms with E-state index in [0.717, 1.165) is 13.3 Å². The normalized spacial score (nSPS) is 11.0. The Labute approximate surface area is 136 Å². The number of halogens is 4. The number of esters is 1. The molecule has 0 amide bonds. The van der Waals surface area contributed by atoms with Gasteiger partial charge in [0.25, 0.3) is 0 Å². The van der Waals surface area contributed by atoms with Crippen molar-refractivity contribution < 1.29 is 27.1 Å². The first-order chi connectivity index (χ1) is 11.3. The zero-order chi connectivity index (χ0) is 17.6. The van der Waals surface area contributed by atoms with Gasteiger partial charge in [-0.25, -0.2) is 22.4 Å². The van der Waals surface area contributed by atoms with Crippen molar-refractivity contribution in [1.29, 1.82) is 0 Å². The summed E-state index contributed by atoms with van der Waals surface area (Å²) in [5.74, 6) is -5.76. The Morgan fingerprint density at radius 1 is 1.21 bits per heavy atom. The molecule has 0 radical (unpaired) electrons. The van der Waals surface area contributed by atoms with Crippen LogP contribution in [0.15, 0.2) is 18.3 Å². The highest BCUT2D eigenvalue weighted by Gasteiger charge is 2.25. The van der Waals surface area contributed by atoms with E-state index in [2.05, 4.69) is 9.72 Å². The zero-order valence-corrected chi connectivity index (χ0v) is 12.8. The molecule has 0 fully saturated rings. The monoisotopic (exact) mass is 356 g/mol. The van der Waals surface area contributed by atoms with Crippen molar-refractivity contribution >= 4 is 33.2 Å². The molecule has 0 unspecified atom stereocenters. The Morgan fingerprint density at radius 2 is 1.92 bits per heavy atom. The number of hydrogen-bond donors (Lipinski definition) is 1. The average molecular weight is 356 g/mol. The second-order valence-electron chi connectivity index (χ2n) is 4.74. The summed E-state index contributed by atoms with van der Waals surface area (Å²) in [6.45, 7) is 0. The lowest BCUT2D eigenvalue weighted by Gasteiger charge is -2.07. The van der Waals surface area contributed by atoms with Crippen molar-refractivity contribution in [3.8, 4) is 11.1 Å². The van der Waals surface area contributed by atoms with Crippen LogP contribution in [-0.4, -0.2) is 18.1 Å². The van der Waals surface area contributed by atoms with E-state index >= 15 is 0 Å². The Balaban J connectivity index is 2.41. The first-order valence-electron chi connectivity index (χ1n) is 6.44. The molecule has 0 atom stereocenters. The number of ether oxygens (including phenoxy) is 1. The van der Waals surface area contributed by atoms with Crippen molar-refractivity contribution in [2.75, 3.05) is 12.8 Å². The fourth-order valence-electron chi connectivity index (χ4n) is 2.26. The molecule has 3 rings (SSSR count). The van der Waals surface area contributed by atoms with Crippen LogP contribution in [0, 0.1) is 23.3 Å². The fourth-order valence-corrected chi connectivity index (χ4v) is 3.41. The number of methoxy groups -OCH3 is 1. The predicted octanol–water partition coefficient (Wildman–Crippen LogP) is 3.89. The number of benzene rings is 1.